The number of sulfone groups is 1. The molecule has 1 heterocycles. The van der Waals surface area contributed by atoms with Gasteiger partial charge in [-0.3, -0.25) is 0 Å². The van der Waals surface area contributed by atoms with E-state index >= 15 is 0 Å². The van der Waals surface area contributed by atoms with E-state index in [1.165, 1.54) is 0 Å². The lowest BCUT2D eigenvalue weighted by Gasteiger charge is -2.27. The van der Waals surface area contributed by atoms with Gasteiger partial charge in [0.25, 0.3) is 0 Å². The van der Waals surface area contributed by atoms with Crippen molar-refractivity contribution in [3.63, 3.8) is 0 Å². The first-order valence-electron chi connectivity index (χ1n) is 5.71. The van der Waals surface area contributed by atoms with E-state index in [-0.39, 0.29) is 19.0 Å². The van der Waals surface area contributed by atoms with Crippen LogP contribution in [0.25, 0.3) is 0 Å². The fourth-order valence-electron chi connectivity index (χ4n) is 2.04. The van der Waals surface area contributed by atoms with E-state index in [4.69, 9.17) is 26.2 Å². The van der Waals surface area contributed by atoms with E-state index < -0.39 is 21.7 Å². The highest BCUT2D eigenvalue weighted by Crippen LogP contribution is 2.36. The normalized spacial score (nSPS) is 27.6. The van der Waals surface area contributed by atoms with Crippen LogP contribution in [0, 0.1) is 0 Å². The van der Waals surface area contributed by atoms with Crippen LogP contribution in [0.5, 0.6) is 0 Å². The maximum Gasteiger partial charge on any atom is 0.209 e. The molecular formula is C12H15ClO5S. The number of halogens is 1. The number of hydrogen-bond acceptors (Lipinski definition) is 5. The summed E-state index contributed by atoms with van der Waals surface area (Å²) in [5.74, 6) is -1.72. The Morgan fingerprint density at radius 3 is 2.79 bits per heavy atom. The van der Waals surface area contributed by atoms with E-state index in [2.05, 4.69) is 0 Å². The number of hydrogen-bond donors (Lipinski definition) is 1. The third-order valence-corrected chi connectivity index (χ3v) is 3.92. The molecule has 1 aliphatic heterocycles. The summed E-state index contributed by atoms with van der Waals surface area (Å²) in [6.45, 7) is -0.0926. The smallest absolute Gasteiger partial charge is 0.209 e. The molecular weight excluding hydrogens is 292 g/mol. The first-order chi connectivity index (χ1) is 8.85. The average molecular weight is 307 g/mol. The molecule has 1 aromatic rings. The Hall–Kier alpha value is -0.660. The Kier molecular flexibility index (Phi) is 4.17. The minimum Gasteiger partial charge on any atom is -0.394 e. The summed E-state index contributed by atoms with van der Waals surface area (Å²) in [5, 5.41) is 9.58. The molecule has 0 bridgehead atoms. The van der Waals surface area contributed by atoms with Gasteiger partial charge in [-0.25, -0.2) is 8.42 Å². The lowest BCUT2D eigenvalue weighted by molar-refractivity contribution is -0.162. The lowest BCUT2D eigenvalue weighted by atomic mass is 10.1. The van der Waals surface area contributed by atoms with Crippen molar-refractivity contribution >= 4 is 21.4 Å². The van der Waals surface area contributed by atoms with Gasteiger partial charge in [0, 0.05) is 16.8 Å². The number of aliphatic hydroxyl groups is 1. The quantitative estimate of drug-likeness (QED) is 0.896. The summed E-state index contributed by atoms with van der Waals surface area (Å²) < 4.78 is 34.3. The van der Waals surface area contributed by atoms with Gasteiger partial charge in [-0.2, -0.15) is 0 Å². The molecule has 1 saturated heterocycles. The molecule has 106 valence electrons. The van der Waals surface area contributed by atoms with Gasteiger partial charge in [0.1, 0.15) is 11.9 Å². The van der Waals surface area contributed by atoms with E-state index in [0.717, 1.165) is 6.26 Å². The van der Waals surface area contributed by atoms with Crippen LogP contribution in [0.15, 0.2) is 24.3 Å². The van der Waals surface area contributed by atoms with Crippen LogP contribution in [0.2, 0.25) is 5.02 Å². The van der Waals surface area contributed by atoms with Gasteiger partial charge in [0.2, 0.25) is 5.79 Å². The molecule has 7 heteroatoms. The molecule has 0 saturated carbocycles. The Bertz CT molecular complexity index is 559. The molecule has 0 unspecified atom stereocenters. The highest BCUT2D eigenvalue weighted by atomic mass is 35.5. The predicted molar refractivity (Wildman–Crippen MR) is 70.8 cm³/mol. The van der Waals surface area contributed by atoms with Crippen molar-refractivity contribution in [3.8, 4) is 0 Å². The van der Waals surface area contributed by atoms with E-state index in [9.17, 15) is 8.42 Å². The summed E-state index contributed by atoms with van der Waals surface area (Å²) in [7, 11) is -3.33. The second-order valence-electron chi connectivity index (χ2n) is 4.57. The molecule has 5 nitrogen and oxygen atoms in total. The molecule has 0 aliphatic carbocycles. The summed E-state index contributed by atoms with van der Waals surface area (Å²) >= 11 is 5.92. The fourth-order valence-corrected chi connectivity index (χ4v) is 3.23. The summed E-state index contributed by atoms with van der Waals surface area (Å²) in [6.07, 6.45) is 0.568. The van der Waals surface area contributed by atoms with Crippen LogP contribution in [0.4, 0.5) is 0 Å². The SMILES string of the molecule is CS(=O)(=O)C[C@@]1(c2cccc(Cl)c2)OC[C@H](CO)O1. The van der Waals surface area contributed by atoms with Crippen molar-refractivity contribution in [2.24, 2.45) is 0 Å². The number of aliphatic hydroxyl groups excluding tert-OH is 1. The van der Waals surface area contributed by atoms with Crippen molar-refractivity contribution in [1.82, 2.24) is 0 Å². The molecule has 0 radical (unpaired) electrons. The number of benzene rings is 1. The molecule has 2 atom stereocenters. The standard InChI is InChI=1S/C12H15ClO5S/c1-19(15,16)8-12(17-7-11(6-14)18-12)9-3-2-4-10(13)5-9/h2-5,11,14H,6-8H2,1H3/t11-,12+/m0/s1. The molecule has 2 rings (SSSR count). The maximum atomic E-state index is 11.6. The molecule has 1 fully saturated rings. The summed E-state index contributed by atoms with van der Waals surface area (Å²) in [6, 6.07) is 6.67. The van der Waals surface area contributed by atoms with Crippen LogP contribution in [-0.4, -0.2) is 44.9 Å². The first kappa shape index (κ1) is 14.7. The van der Waals surface area contributed by atoms with Crippen LogP contribution in [-0.2, 0) is 25.1 Å². The van der Waals surface area contributed by atoms with E-state index in [1.54, 1.807) is 24.3 Å². The largest absolute Gasteiger partial charge is 0.394 e. The van der Waals surface area contributed by atoms with Crippen LogP contribution >= 0.6 is 11.6 Å². The lowest BCUT2D eigenvalue weighted by Crippen LogP contribution is -2.36. The molecule has 0 amide bonds. The maximum absolute atomic E-state index is 11.6. The van der Waals surface area contributed by atoms with Gasteiger partial charge in [0.15, 0.2) is 9.84 Å². The average Bonchev–Trinajstić information content (AvgIpc) is 2.71. The van der Waals surface area contributed by atoms with Crippen molar-refractivity contribution in [2.45, 2.75) is 11.9 Å². The molecule has 19 heavy (non-hydrogen) atoms. The zero-order chi connectivity index (χ0) is 14.1. The van der Waals surface area contributed by atoms with Crippen LogP contribution in [0.1, 0.15) is 5.56 Å². The molecule has 1 aliphatic rings. The Labute approximate surface area is 117 Å². The molecule has 1 aromatic carbocycles. The molecule has 0 spiro atoms. The van der Waals surface area contributed by atoms with E-state index in [0.29, 0.717) is 10.6 Å². The minimum atomic E-state index is -3.33. The van der Waals surface area contributed by atoms with Gasteiger partial charge in [-0.15, -0.1) is 0 Å². The summed E-state index contributed by atoms with van der Waals surface area (Å²) in [5.41, 5.74) is 0.529. The Morgan fingerprint density at radius 2 is 2.26 bits per heavy atom. The highest BCUT2D eigenvalue weighted by molar-refractivity contribution is 7.90. The topological polar surface area (TPSA) is 72.8 Å². The van der Waals surface area contributed by atoms with Gasteiger partial charge < -0.3 is 14.6 Å². The van der Waals surface area contributed by atoms with Crippen LogP contribution < -0.4 is 0 Å². The highest BCUT2D eigenvalue weighted by Gasteiger charge is 2.45. The predicted octanol–water partition coefficient (Wildman–Crippen LogP) is 0.945. The van der Waals surface area contributed by atoms with Crippen molar-refractivity contribution in [1.29, 1.82) is 0 Å². The van der Waals surface area contributed by atoms with Gasteiger partial charge in [-0.05, 0) is 12.1 Å². The summed E-state index contributed by atoms with van der Waals surface area (Å²) in [4.78, 5) is 0. The second-order valence-corrected chi connectivity index (χ2v) is 7.14. The monoisotopic (exact) mass is 306 g/mol. The fraction of sp³-hybridized carbons (Fsp3) is 0.500. The van der Waals surface area contributed by atoms with Crippen molar-refractivity contribution < 1.29 is 23.0 Å². The zero-order valence-electron chi connectivity index (χ0n) is 10.4. The number of ether oxygens (including phenoxy) is 2. The Balaban J connectivity index is 2.40. The van der Waals surface area contributed by atoms with Crippen LogP contribution in [0.3, 0.4) is 0 Å². The Morgan fingerprint density at radius 1 is 1.53 bits per heavy atom. The first-order valence-corrected chi connectivity index (χ1v) is 8.15. The minimum absolute atomic E-state index is 0.137. The second kappa shape index (κ2) is 5.38. The van der Waals surface area contributed by atoms with Gasteiger partial charge in [-0.1, -0.05) is 23.7 Å². The van der Waals surface area contributed by atoms with Crippen molar-refractivity contribution in [3.05, 3.63) is 34.9 Å². The zero-order valence-corrected chi connectivity index (χ0v) is 11.9. The third-order valence-electron chi connectivity index (χ3n) is 2.78. The molecule has 0 aromatic heterocycles. The van der Waals surface area contributed by atoms with Crippen molar-refractivity contribution in [2.75, 3.05) is 25.2 Å². The van der Waals surface area contributed by atoms with E-state index in [1.807, 2.05) is 0 Å². The third kappa shape index (κ3) is 3.46. The molecule has 1 N–H and O–H groups in total. The number of rotatable bonds is 4. The van der Waals surface area contributed by atoms with Gasteiger partial charge in [0.05, 0.1) is 13.2 Å². The van der Waals surface area contributed by atoms with Gasteiger partial charge >= 0.3 is 0 Å².